The van der Waals surface area contributed by atoms with E-state index in [9.17, 15) is 9.90 Å². The molecule has 4 rings (SSSR count). The van der Waals surface area contributed by atoms with Crippen LogP contribution in [0.2, 0.25) is 0 Å². The van der Waals surface area contributed by atoms with E-state index >= 15 is 0 Å². The molecule has 0 spiro atoms. The van der Waals surface area contributed by atoms with Gasteiger partial charge in [-0.3, -0.25) is 4.79 Å². The summed E-state index contributed by atoms with van der Waals surface area (Å²) in [7, 11) is 0. The van der Waals surface area contributed by atoms with Gasteiger partial charge in [0.15, 0.2) is 0 Å². The van der Waals surface area contributed by atoms with Gasteiger partial charge in [-0.1, -0.05) is 6.07 Å². The molecule has 1 aliphatic heterocycles. The lowest BCUT2D eigenvalue weighted by atomic mass is 9.99. The molecular weight excluding hydrogens is 308 g/mol. The van der Waals surface area contributed by atoms with Crippen LogP contribution in [0.25, 0.3) is 21.8 Å². The van der Waals surface area contributed by atoms with Crippen LogP contribution < -0.4 is 5.32 Å². The predicted molar refractivity (Wildman–Crippen MR) is 91.6 cm³/mol. The SMILES string of the molecule is O=C1CCc2cc(-c3csc(-c4ccc(O)cc4)n3)ccc2N1. The van der Waals surface area contributed by atoms with Crippen LogP contribution in [0, 0.1) is 0 Å². The van der Waals surface area contributed by atoms with Gasteiger partial charge in [0.1, 0.15) is 10.8 Å². The molecule has 0 unspecified atom stereocenters. The van der Waals surface area contributed by atoms with E-state index in [1.807, 2.05) is 29.6 Å². The van der Waals surface area contributed by atoms with Gasteiger partial charge in [-0.15, -0.1) is 11.3 Å². The maximum atomic E-state index is 11.4. The number of amides is 1. The number of rotatable bonds is 2. The molecule has 1 aromatic heterocycles. The number of hydrogen-bond acceptors (Lipinski definition) is 4. The Labute approximate surface area is 137 Å². The smallest absolute Gasteiger partial charge is 0.224 e. The van der Waals surface area contributed by atoms with Crippen molar-refractivity contribution in [2.45, 2.75) is 12.8 Å². The lowest BCUT2D eigenvalue weighted by Crippen LogP contribution is -2.18. The second-order valence-electron chi connectivity index (χ2n) is 5.50. The monoisotopic (exact) mass is 322 g/mol. The summed E-state index contributed by atoms with van der Waals surface area (Å²) in [5.74, 6) is 0.329. The molecule has 0 saturated heterocycles. The van der Waals surface area contributed by atoms with Gasteiger partial charge in [0, 0.05) is 28.6 Å². The van der Waals surface area contributed by atoms with Gasteiger partial charge < -0.3 is 10.4 Å². The average molecular weight is 322 g/mol. The number of carbonyl (C=O) groups is 1. The number of aromatic nitrogens is 1. The highest BCUT2D eigenvalue weighted by Gasteiger charge is 2.16. The van der Waals surface area contributed by atoms with E-state index in [-0.39, 0.29) is 11.7 Å². The van der Waals surface area contributed by atoms with Crippen molar-refractivity contribution in [2.24, 2.45) is 0 Å². The fourth-order valence-corrected chi connectivity index (χ4v) is 3.52. The largest absolute Gasteiger partial charge is 0.508 e. The Morgan fingerprint density at radius 3 is 2.65 bits per heavy atom. The van der Waals surface area contributed by atoms with Gasteiger partial charge in [-0.25, -0.2) is 4.98 Å². The minimum Gasteiger partial charge on any atom is -0.508 e. The normalized spacial score (nSPS) is 13.5. The van der Waals surface area contributed by atoms with Gasteiger partial charge in [-0.2, -0.15) is 0 Å². The van der Waals surface area contributed by atoms with Crippen molar-refractivity contribution >= 4 is 22.9 Å². The Bertz CT molecular complexity index is 884. The van der Waals surface area contributed by atoms with Gasteiger partial charge in [0.2, 0.25) is 5.91 Å². The van der Waals surface area contributed by atoms with Crippen molar-refractivity contribution < 1.29 is 9.90 Å². The first-order valence-corrected chi connectivity index (χ1v) is 8.25. The third-order valence-corrected chi connectivity index (χ3v) is 4.81. The number of anilines is 1. The summed E-state index contributed by atoms with van der Waals surface area (Å²) < 4.78 is 0. The molecule has 23 heavy (non-hydrogen) atoms. The lowest BCUT2D eigenvalue weighted by Gasteiger charge is -2.17. The van der Waals surface area contributed by atoms with Gasteiger partial charge in [0.25, 0.3) is 0 Å². The number of phenolic OH excluding ortho intramolecular Hbond substituents is 1. The van der Waals surface area contributed by atoms with Crippen LogP contribution in [0.5, 0.6) is 5.75 Å². The predicted octanol–water partition coefficient (Wildman–Crippen LogP) is 4.07. The van der Waals surface area contributed by atoms with E-state index in [0.717, 1.165) is 39.5 Å². The Balaban J connectivity index is 1.66. The van der Waals surface area contributed by atoms with Gasteiger partial charge in [0.05, 0.1) is 5.69 Å². The lowest BCUT2D eigenvalue weighted by molar-refractivity contribution is -0.116. The van der Waals surface area contributed by atoms with E-state index in [1.165, 1.54) is 0 Å². The molecule has 3 aromatic rings. The molecule has 2 aromatic carbocycles. The number of aromatic hydroxyl groups is 1. The first-order valence-electron chi connectivity index (χ1n) is 7.37. The maximum Gasteiger partial charge on any atom is 0.224 e. The first kappa shape index (κ1) is 14.0. The average Bonchev–Trinajstić information content (AvgIpc) is 3.05. The number of benzene rings is 2. The molecule has 0 fully saturated rings. The molecule has 0 aliphatic carbocycles. The van der Waals surface area contributed by atoms with Crippen LogP contribution in [0.4, 0.5) is 5.69 Å². The van der Waals surface area contributed by atoms with E-state index < -0.39 is 0 Å². The molecular formula is C18H14N2O2S. The summed E-state index contributed by atoms with van der Waals surface area (Å²) in [6, 6.07) is 13.1. The summed E-state index contributed by atoms with van der Waals surface area (Å²) in [5.41, 5.74) is 5.03. The Morgan fingerprint density at radius 2 is 1.83 bits per heavy atom. The van der Waals surface area contributed by atoms with Gasteiger partial charge in [-0.05, 0) is 48.4 Å². The van der Waals surface area contributed by atoms with Crippen LogP contribution in [0.3, 0.4) is 0 Å². The van der Waals surface area contributed by atoms with Crippen molar-refractivity contribution in [1.82, 2.24) is 4.98 Å². The van der Waals surface area contributed by atoms with Crippen LogP contribution in [-0.4, -0.2) is 16.0 Å². The van der Waals surface area contributed by atoms with Crippen molar-refractivity contribution in [3.8, 4) is 27.6 Å². The Kier molecular flexibility index (Phi) is 3.35. The van der Waals surface area contributed by atoms with Crippen LogP contribution >= 0.6 is 11.3 Å². The molecule has 0 saturated carbocycles. The number of nitrogens with one attached hydrogen (secondary N) is 1. The van der Waals surface area contributed by atoms with Crippen LogP contribution in [0.1, 0.15) is 12.0 Å². The highest BCUT2D eigenvalue weighted by Crippen LogP contribution is 2.32. The summed E-state index contributed by atoms with van der Waals surface area (Å²) in [6.45, 7) is 0. The number of thiazole rings is 1. The first-order chi connectivity index (χ1) is 11.2. The Hall–Kier alpha value is -2.66. The summed E-state index contributed by atoms with van der Waals surface area (Å²) in [5, 5.41) is 15.2. The number of carbonyl (C=O) groups excluding carboxylic acids is 1. The number of hydrogen-bond donors (Lipinski definition) is 2. The third kappa shape index (κ3) is 2.71. The van der Waals surface area contributed by atoms with Crippen LogP contribution in [-0.2, 0) is 11.2 Å². The zero-order chi connectivity index (χ0) is 15.8. The number of phenols is 1. The maximum absolute atomic E-state index is 11.4. The fourth-order valence-electron chi connectivity index (χ4n) is 2.69. The Morgan fingerprint density at radius 1 is 1.04 bits per heavy atom. The third-order valence-electron chi connectivity index (χ3n) is 3.91. The topological polar surface area (TPSA) is 62.2 Å². The molecule has 0 radical (unpaired) electrons. The molecule has 4 nitrogen and oxygen atoms in total. The molecule has 0 bridgehead atoms. The van der Waals surface area contributed by atoms with Crippen LogP contribution in [0.15, 0.2) is 47.8 Å². The quantitative estimate of drug-likeness (QED) is 0.747. The minimum atomic E-state index is 0.0773. The van der Waals surface area contributed by atoms with Gasteiger partial charge >= 0.3 is 0 Å². The second kappa shape index (κ2) is 5.52. The van der Waals surface area contributed by atoms with E-state index in [2.05, 4.69) is 11.4 Å². The summed E-state index contributed by atoms with van der Waals surface area (Å²) in [4.78, 5) is 16.1. The molecule has 5 heteroatoms. The number of nitrogens with zero attached hydrogens (tertiary/aromatic N) is 1. The van der Waals surface area contributed by atoms with Crippen molar-refractivity contribution in [3.63, 3.8) is 0 Å². The second-order valence-corrected chi connectivity index (χ2v) is 6.36. The molecule has 2 heterocycles. The highest BCUT2D eigenvalue weighted by molar-refractivity contribution is 7.13. The molecule has 2 N–H and O–H groups in total. The molecule has 1 aliphatic rings. The van der Waals surface area contributed by atoms with E-state index in [0.29, 0.717) is 6.42 Å². The molecule has 0 atom stereocenters. The standard InChI is InChI=1S/C18H14N2O2S/c21-14-5-1-11(2-6-14)18-20-16(10-23-18)13-3-7-15-12(9-13)4-8-17(22)19-15/h1-3,5-7,9-10,21H,4,8H2,(H,19,22). The van der Waals surface area contributed by atoms with Crippen molar-refractivity contribution in [1.29, 1.82) is 0 Å². The summed E-state index contributed by atoms with van der Waals surface area (Å²) >= 11 is 1.58. The van der Waals surface area contributed by atoms with E-state index in [4.69, 9.17) is 4.98 Å². The van der Waals surface area contributed by atoms with Crippen molar-refractivity contribution in [3.05, 3.63) is 53.4 Å². The zero-order valence-corrected chi connectivity index (χ0v) is 13.1. The zero-order valence-electron chi connectivity index (χ0n) is 12.2. The molecule has 1 amide bonds. The van der Waals surface area contributed by atoms with Crippen molar-refractivity contribution in [2.75, 3.05) is 5.32 Å². The number of aryl methyl sites for hydroxylation is 1. The fraction of sp³-hybridized carbons (Fsp3) is 0.111. The van der Waals surface area contributed by atoms with E-state index in [1.54, 1.807) is 23.5 Å². The number of fused-ring (bicyclic) bond motifs is 1. The minimum absolute atomic E-state index is 0.0773. The summed E-state index contributed by atoms with van der Waals surface area (Å²) in [6.07, 6.45) is 1.30. The molecule has 114 valence electrons. The highest BCUT2D eigenvalue weighted by atomic mass is 32.1.